The molecule has 0 amide bonds. The van der Waals surface area contributed by atoms with Gasteiger partial charge in [-0.2, -0.15) is 0 Å². The summed E-state index contributed by atoms with van der Waals surface area (Å²) >= 11 is 0. The summed E-state index contributed by atoms with van der Waals surface area (Å²) in [6.45, 7) is 9.64. The van der Waals surface area contributed by atoms with Crippen molar-refractivity contribution >= 4 is 6.21 Å². The smallest absolute Gasteiger partial charge is 0.191 e. The molecule has 0 aromatic rings. The molecule has 0 radical (unpaired) electrons. The molecule has 5 atom stereocenters. The number of ether oxygens (including phenoxy) is 2. The number of hydrogen-bond acceptors (Lipinski definition) is 5. The fourth-order valence-corrected chi connectivity index (χ4v) is 2.15. The Labute approximate surface area is 115 Å². The third-order valence-electron chi connectivity index (χ3n) is 4.33. The van der Waals surface area contributed by atoms with Gasteiger partial charge in [0.15, 0.2) is 11.9 Å². The van der Waals surface area contributed by atoms with E-state index in [1.54, 1.807) is 6.92 Å². The lowest BCUT2D eigenvalue weighted by atomic mass is 9.85. The summed E-state index contributed by atoms with van der Waals surface area (Å²) in [5.74, 6) is 0.0633. The van der Waals surface area contributed by atoms with Crippen molar-refractivity contribution in [2.45, 2.75) is 77.5 Å². The van der Waals surface area contributed by atoms with Crippen LogP contribution in [0.2, 0.25) is 0 Å². The second kappa shape index (κ2) is 6.31. The minimum Gasteiger partial charge on any atom is -0.347 e. The quantitative estimate of drug-likeness (QED) is 0.458. The molecule has 1 rings (SSSR count). The second-order valence-electron chi connectivity index (χ2n) is 5.98. The zero-order valence-electron chi connectivity index (χ0n) is 12.6. The number of rotatable bonds is 5. The summed E-state index contributed by atoms with van der Waals surface area (Å²) in [5.41, 5.74) is -1.60. The van der Waals surface area contributed by atoms with E-state index in [0.29, 0.717) is 6.42 Å². The molecule has 0 aliphatic carbocycles. The molecule has 5 nitrogen and oxygen atoms in total. The molecular formula is C14H27NO4. The Kier molecular flexibility index (Phi) is 5.50. The van der Waals surface area contributed by atoms with Gasteiger partial charge in [0.2, 0.25) is 0 Å². The van der Waals surface area contributed by atoms with Crippen LogP contribution in [-0.4, -0.2) is 35.1 Å². The molecule has 0 aromatic heterocycles. The maximum Gasteiger partial charge on any atom is 0.191 e. The molecule has 5 unspecified atom stereocenters. The topological polar surface area (TPSA) is 71.8 Å². The van der Waals surface area contributed by atoms with Gasteiger partial charge in [0.25, 0.3) is 0 Å². The molecule has 19 heavy (non-hydrogen) atoms. The predicted molar refractivity (Wildman–Crippen MR) is 73.4 cm³/mol. The summed E-state index contributed by atoms with van der Waals surface area (Å²) in [4.78, 5) is 4.74. The highest BCUT2D eigenvalue weighted by Gasteiger charge is 2.49. The van der Waals surface area contributed by atoms with Crippen molar-refractivity contribution in [2.24, 2.45) is 5.92 Å². The highest BCUT2D eigenvalue weighted by Crippen LogP contribution is 2.39. The lowest BCUT2D eigenvalue weighted by molar-refractivity contribution is -0.394. The van der Waals surface area contributed by atoms with Crippen molar-refractivity contribution in [1.29, 1.82) is 5.41 Å². The van der Waals surface area contributed by atoms with E-state index in [-0.39, 0.29) is 12.0 Å². The van der Waals surface area contributed by atoms with Gasteiger partial charge in [-0.05, 0) is 46.0 Å². The van der Waals surface area contributed by atoms with Gasteiger partial charge in [0.05, 0.1) is 6.10 Å². The summed E-state index contributed by atoms with van der Waals surface area (Å²) in [7, 11) is 0. The van der Waals surface area contributed by atoms with Crippen LogP contribution in [0.25, 0.3) is 0 Å². The van der Waals surface area contributed by atoms with E-state index in [2.05, 4.69) is 0 Å². The molecule has 1 aliphatic heterocycles. The number of hydrogen-bond donors (Lipinski definition) is 2. The first kappa shape index (κ1) is 16.6. The van der Waals surface area contributed by atoms with Crippen LogP contribution in [0.3, 0.4) is 0 Å². The van der Waals surface area contributed by atoms with Crippen molar-refractivity contribution in [3.05, 3.63) is 0 Å². The Balaban J connectivity index is 3.02. The Morgan fingerprint density at radius 1 is 1.53 bits per heavy atom. The zero-order valence-corrected chi connectivity index (χ0v) is 12.6. The van der Waals surface area contributed by atoms with Crippen LogP contribution in [-0.2, 0) is 14.4 Å². The van der Waals surface area contributed by atoms with Crippen molar-refractivity contribution < 1.29 is 19.6 Å². The average Bonchev–Trinajstić information content (AvgIpc) is 2.50. The monoisotopic (exact) mass is 273 g/mol. The van der Waals surface area contributed by atoms with Crippen LogP contribution in [0.1, 0.15) is 53.9 Å². The highest BCUT2D eigenvalue weighted by molar-refractivity contribution is 5.64. The summed E-state index contributed by atoms with van der Waals surface area (Å²) < 4.78 is 11.8. The maximum atomic E-state index is 9.33. The first-order chi connectivity index (χ1) is 8.81. The molecule has 0 bridgehead atoms. The predicted octanol–water partition coefficient (Wildman–Crippen LogP) is 3.23. The van der Waals surface area contributed by atoms with Gasteiger partial charge in [0, 0.05) is 6.21 Å². The van der Waals surface area contributed by atoms with Gasteiger partial charge in [-0.1, -0.05) is 13.8 Å². The molecule has 112 valence electrons. The molecular weight excluding hydrogens is 246 g/mol. The zero-order chi connectivity index (χ0) is 14.7. The summed E-state index contributed by atoms with van der Waals surface area (Å²) in [5, 5.41) is 16.9. The largest absolute Gasteiger partial charge is 0.347 e. The van der Waals surface area contributed by atoms with E-state index in [0.717, 1.165) is 12.8 Å². The minimum atomic E-state index is -0.926. The molecule has 0 saturated carbocycles. The van der Waals surface area contributed by atoms with Gasteiger partial charge in [0.1, 0.15) is 5.60 Å². The SMILES string of the molecule is CCC(C)OC1OC(C)(C=N)CCC(C)C1(C)OO. The van der Waals surface area contributed by atoms with Gasteiger partial charge >= 0.3 is 0 Å². The second-order valence-corrected chi connectivity index (χ2v) is 5.98. The lowest BCUT2D eigenvalue weighted by Gasteiger charge is -2.39. The molecule has 2 N–H and O–H groups in total. The van der Waals surface area contributed by atoms with Crippen LogP contribution in [0.15, 0.2) is 0 Å². The molecule has 1 aliphatic rings. The lowest BCUT2D eigenvalue weighted by Crippen LogP contribution is -2.51. The normalized spacial score (nSPS) is 41.6. The van der Waals surface area contributed by atoms with E-state index in [9.17, 15) is 5.26 Å². The van der Waals surface area contributed by atoms with Crippen LogP contribution >= 0.6 is 0 Å². The van der Waals surface area contributed by atoms with Gasteiger partial charge in [-0.25, -0.2) is 4.89 Å². The Morgan fingerprint density at radius 2 is 2.16 bits per heavy atom. The molecule has 1 heterocycles. The van der Waals surface area contributed by atoms with Crippen LogP contribution in [0, 0.1) is 11.3 Å². The van der Waals surface area contributed by atoms with Crippen molar-refractivity contribution in [3.8, 4) is 0 Å². The van der Waals surface area contributed by atoms with Crippen LogP contribution < -0.4 is 0 Å². The fourth-order valence-electron chi connectivity index (χ4n) is 2.15. The average molecular weight is 273 g/mol. The van der Waals surface area contributed by atoms with Crippen molar-refractivity contribution in [3.63, 3.8) is 0 Å². The van der Waals surface area contributed by atoms with Gasteiger partial charge in [-0.3, -0.25) is 5.26 Å². The van der Waals surface area contributed by atoms with Crippen LogP contribution in [0.4, 0.5) is 0 Å². The minimum absolute atomic E-state index is 0.000223. The summed E-state index contributed by atoms with van der Waals surface area (Å²) in [6.07, 6.45) is 2.95. The maximum absolute atomic E-state index is 9.33. The van der Waals surface area contributed by atoms with E-state index < -0.39 is 17.5 Å². The van der Waals surface area contributed by atoms with Crippen molar-refractivity contribution in [2.75, 3.05) is 0 Å². The highest BCUT2D eigenvalue weighted by atomic mass is 17.1. The van der Waals surface area contributed by atoms with Gasteiger partial charge < -0.3 is 14.9 Å². The molecule has 0 aromatic carbocycles. The van der Waals surface area contributed by atoms with Gasteiger partial charge in [-0.15, -0.1) is 0 Å². The Hall–Kier alpha value is -0.490. The van der Waals surface area contributed by atoms with Crippen molar-refractivity contribution in [1.82, 2.24) is 0 Å². The molecule has 1 saturated heterocycles. The molecule has 1 fully saturated rings. The van der Waals surface area contributed by atoms with E-state index in [4.69, 9.17) is 19.8 Å². The Bertz CT molecular complexity index is 312. The third-order valence-corrected chi connectivity index (χ3v) is 4.33. The molecule has 0 spiro atoms. The first-order valence-electron chi connectivity index (χ1n) is 6.98. The van der Waals surface area contributed by atoms with E-state index in [1.165, 1.54) is 6.21 Å². The number of nitrogens with one attached hydrogen (secondary N) is 1. The summed E-state index contributed by atoms with van der Waals surface area (Å²) in [6, 6.07) is 0. The van der Waals surface area contributed by atoms with Crippen LogP contribution in [0.5, 0.6) is 0 Å². The van der Waals surface area contributed by atoms with E-state index in [1.807, 2.05) is 27.7 Å². The van der Waals surface area contributed by atoms with E-state index >= 15 is 0 Å². The standard InChI is InChI=1S/C14H27NO4/c1-6-11(3)17-12-14(5,19-16)10(2)7-8-13(4,9-15)18-12/h9-12,15-16H,6-8H2,1-5H3. The third kappa shape index (κ3) is 3.54. The molecule has 5 heteroatoms. The fraction of sp³-hybridized carbons (Fsp3) is 0.929. The Morgan fingerprint density at radius 3 is 2.63 bits per heavy atom. The first-order valence-corrected chi connectivity index (χ1v) is 6.98.